The van der Waals surface area contributed by atoms with Gasteiger partial charge in [0.2, 0.25) is 5.88 Å². The summed E-state index contributed by atoms with van der Waals surface area (Å²) in [5.41, 5.74) is 5.83. The lowest BCUT2D eigenvalue weighted by molar-refractivity contribution is -0.145. The van der Waals surface area contributed by atoms with Crippen molar-refractivity contribution in [3.63, 3.8) is 0 Å². The van der Waals surface area contributed by atoms with Gasteiger partial charge in [0, 0.05) is 18.2 Å². The molecule has 1 fully saturated rings. The molecule has 7 nitrogen and oxygen atoms in total. The quantitative estimate of drug-likeness (QED) is 0.327. The highest BCUT2D eigenvalue weighted by Crippen LogP contribution is 2.40. The molecule has 2 aliphatic heterocycles. The fraction of sp³-hybridized carbons (Fsp3) is 0.419. The van der Waals surface area contributed by atoms with Gasteiger partial charge in [0.15, 0.2) is 0 Å². The highest BCUT2D eigenvalue weighted by atomic mass is 35.5. The van der Waals surface area contributed by atoms with Crippen LogP contribution in [0.3, 0.4) is 0 Å². The first-order valence-corrected chi connectivity index (χ1v) is 14.1. The minimum Gasteiger partial charge on any atom is -0.485 e. The van der Waals surface area contributed by atoms with E-state index in [4.69, 9.17) is 21.1 Å². The molecule has 1 unspecified atom stereocenters. The van der Waals surface area contributed by atoms with E-state index in [1.54, 1.807) is 18.3 Å². The Morgan fingerprint density at radius 3 is 2.72 bits per heavy atom. The van der Waals surface area contributed by atoms with Gasteiger partial charge in [-0.3, -0.25) is 9.69 Å². The second kappa shape index (κ2) is 11.9. The number of halogens is 1. The van der Waals surface area contributed by atoms with Crippen LogP contribution in [0.5, 0.6) is 11.6 Å². The highest BCUT2D eigenvalue weighted by molar-refractivity contribution is 6.33. The predicted octanol–water partition coefficient (Wildman–Crippen LogP) is 6.22. The standard InChI is InChI=1S/C31H35ClN2O5/c1-3-38-29-16-25(26(32)17-33-29)24-10-8-21(14-23(24)18-34-12-4-5-13-34)27-11-9-20-6-7-22(15-28(20)39-27)30(35)19(2)31(36)37/h6-8,10,14-17,19,27,30,35H,3-5,9,11-13,18H2,1-2H3,(H,36,37)/t19-,27?,30+/m0/s1. The number of rotatable bonds is 9. The molecule has 0 aliphatic carbocycles. The second-order valence-electron chi connectivity index (χ2n) is 10.4. The van der Waals surface area contributed by atoms with Crippen LogP contribution in [-0.4, -0.2) is 45.8 Å². The number of fused-ring (bicyclic) bond motifs is 1. The number of carboxylic acid groups (broad SMARTS) is 1. The van der Waals surface area contributed by atoms with Gasteiger partial charge in [-0.2, -0.15) is 0 Å². The van der Waals surface area contributed by atoms with Crippen LogP contribution in [0.1, 0.15) is 67.6 Å². The van der Waals surface area contributed by atoms with E-state index in [0.29, 0.717) is 28.8 Å². The molecule has 1 saturated heterocycles. The highest BCUT2D eigenvalue weighted by Gasteiger charge is 2.27. The van der Waals surface area contributed by atoms with Gasteiger partial charge in [-0.1, -0.05) is 41.9 Å². The monoisotopic (exact) mass is 550 g/mol. The fourth-order valence-corrected chi connectivity index (χ4v) is 5.68. The lowest BCUT2D eigenvalue weighted by atomic mass is 9.91. The van der Waals surface area contributed by atoms with Crippen LogP contribution in [0.15, 0.2) is 48.7 Å². The van der Waals surface area contributed by atoms with Gasteiger partial charge in [-0.25, -0.2) is 4.98 Å². The summed E-state index contributed by atoms with van der Waals surface area (Å²) in [4.78, 5) is 18.2. The number of pyridine rings is 1. The number of aryl methyl sites for hydroxylation is 1. The van der Waals surface area contributed by atoms with Crippen molar-refractivity contribution in [3.8, 4) is 22.8 Å². The predicted molar refractivity (Wildman–Crippen MR) is 150 cm³/mol. The van der Waals surface area contributed by atoms with Crippen molar-refractivity contribution < 1.29 is 24.5 Å². The van der Waals surface area contributed by atoms with Gasteiger partial charge in [-0.05, 0) is 86.5 Å². The zero-order valence-corrected chi connectivity index (χ0v) is 23.2. The molecule has 0 amide bonds. The number of nitrogens with zero attached hydrogens (tertiary/aromatic N) is 2. The van der Waals surface area contributed by atoms with E-state index < -0.39 is 18.0 Å². The van der Waals surface area contributed by atoms with Gasteiger partial charge in [0.05, 0.1) is 29.8 Å². The molecule has 8 heteroatoms. The third kappa shape index (κ3) is 6.06. The molecule has 0 spiro atoms. The largest absolute Gasteiger partial charge is 0.485 e. The molecule has 3 aromatic rings. The molecule has 206 valence electrons. The molecule has 0 radical (unpaired) electrons. The van der Waals surface area contributed by atoms with Gasteiger partial charge < -0.3 is 19.7 Å². The Labute approximate surface area is 234 Å². The van der Waals surface area contributed by atoms with E-state index in [9.17, 15) is 15.0 Å². The third-order valence-electron chi connectivity index (χ3n) is 7.75. The first-order valence-electron chi connectivity index (χ1n) is 13.7. The Balaban J connectivity index is 1.46. The molecular weight excluding hydrogens is 516 g/mol. The van der Waals surface area contributed by atoms with Crippen molar-refractivity contribution in [2.45, 2.75) is 58.3 Å². The SMILES string of the molecule is CCOc1cc(-c2ccc(C3CCc4ccc([C@H](O)[C@H](C)C(=O)O)cc4O3)cc2CN2CCCC2)c(Cl)cn1. The summed E-state index contributed by atoms with van der Waals surface area (Å²) < 4.78 is 12.1. The van der Waals surface area contributed by atoms with E-state index in [1.165, 1.54) is 25.3 Å². The number of aliphatic hydroxyl groups is 1. The van der Waals surface area contributed by atoms with Crippen molar-refractivity contribution in [1.82, 2.24) is 9.88 Å². The molecule has 1 aromatic heterocycles. The topological polar surface area (TPSA) is 92.1 Å². The van der Waals surface area contributed by atoms with Gasteiger partial charge in [0.25, 0.3) is 0 Å². The maximum absolute atomic E-state index is 11.4. The van der Waals surface area contributed by atoms with Crippen molar-refractivity contribution in [3.05, 3.63) is 75.9 Å². The van der Waals surface area contributed by atoms with Crippen LogP contribution >= 0.6 is 11.6 Å². The van der Waals surface area contributed by atoms with E-state index in [2.05, 4.69) is 28.1 Å². The first kappa shape index (κ1) is 27.4. The van der Waals surface area contributed by atoms with Crippen LogP contribution in [0, 0.1) is 5.92 Å². The van der Waals surface area contributed by atoms with Crippen LogP contribution in [0.2, 0.25) is 5.02 Å². The lowest BCUT2D eigenvalue weighted by Gasteiger charge is -2.29. The summed E-state index contributed by atoms with van der Waals surface area (Å²) in [7, 11) is 0. The smallest absolute Gasteiger partial charge is 0.309 e. The molecule has 39 heavy (non-hydrogen) atoms. The van der Waals surface area contributed by atoms with Crippen LogP contribution in [-0.2, 0) is 17.8 Å². The molecule has 3 atom stereocenters. The maximum Gasteiger partial charge on any atom is 0.309 e. The number of ether oxygens (including phenoxy) is 2. The normalized spacial score (nSPS) is 18.7. The first-order chi connectivity index (χ1) is 18.8. The molecule has 0 bridgehead atoms. The summed E-state index contributed by atoms with van der Waals surface area (Å²) in [5, 5.41) is 20.5. The Bertz CT molecular complexity index is 1340. The number of hydrogen-bond acceptors (Lipinski definition) is 6. The van der Waals surface area contributed by atoms with Crippen molar-refractivity contribution in [2.75, 3.05) is 19.7 Å². The van der Waals surface area contributed by atoms with Gasteiger partial charge >= 0.3 is 5.97 Å². The van der Waals surface area contributed by atoms with E-state index >= 15 is 0 Å². The number of carboxylic acids is 1. The Hall–Kier alpha value is -3.13. The fourth-order valence-electron chi connectivity index (χ4n) is 5.47. The van der Waals surface area contributed by atoms with Crippen LogP contribution in [0.25, 0.3) is 11.1 Å². The summed E-state index contributed by atoms with van der Waals surface area (Å²) >= 11 is 6.63. The minimum atomic E-state index is -1.10. The van der Waals surface area contributed by atoms with E-state index in [1.807, 2.05) is 19.1 Å². The maximum atomic E-state index is 11.4. The Kier molecular flexibility index (Phi) is 8.40. The number of hydrogen-bond donors (Lipinski definition) is 2. The molecule has 5 rings (SSSR count). The number of aliphatic hydroxyl groups excluding tert-OH is 1. The number of carbonyl (C=O) groups is 1. The Morgan fingerprint density at radius 1 is 1.18 bits per heavy atom. The number of aromatic nitrogens is 1. The summed E-state index contributed by atoms with van der Waals surface area (Å²) in [6.45, 7) is 6.94. The third-order valence-corrected chi connectivity index (χ3v) is 8.05. The van der Waals surface area contributed by atoms with Crippen LogP contribution < -0.4 is 9.47 Å². The van der Waals surface area contributed by atoms with Gasteiger partial charge in [0.1, 0.15) is 11.9 Å². The summed E-state index contributed by atoms with van der Waals surface area (Å²) in [6, 6.07) is 13.9. The number of benzene rings is 2. The molecule has 2 aliphatic rings. The number of likely N-dealkylation sites (tertiary alicyclic amines) is 1. The summed E-state index contributed by atoms with van der Waals surface area (Å²) in [6.07, 6.45) is 4.46. The van der Waals surface area contributed by atoms with Crippen molar-refractivity contribution in [1.29, 1.82) is 0 Å². The minimum absolute atomic E-state index is 0.153. The van der Waals surface area contributed by atoms with Crippen LogP contribution in [0.4, 0.5) is 0 Å². The average molecular weight is 551 g/mol. The Morgan fingerprint density at radius 2 is 1.97 bits per heavy atom. The lowest BCUT2D eigenvalue weighted by Crippen LogP contribution is -2.21. The second-order valence-corrected chi connectivity index (χ2v) is 10.8. The molecular formula is C31H35ClN2O5. The van der Waals surface area contributed by atoms with Crippen molar-refractivity contribution in [2.24, 2.45) is 5.92 Å². The zero-order valence-electron chi connectivity index (χ0n) is 22.4. The average Bonchev–Trinajstić information content (AvgIpc) is 3.46. The molecule has 3 heterocycles. The van der Waals surface area contributed by atoms with E-state index in [-0.39, 0.29) is 6.10 Å². The summed E-state index contributed by atoms with van der Waals surface area (Å²) in [5.74, 6) is -0.696. The molecule has 0 saturated carbocycles. The van der Waals surface area contributed by atoms with Crippen molar-refractivity contribution >= 4 is 17.6 Å². The van der Waals surface area contributed by atoms with E-state index in [0.717, 1.165) is 54.7 Å². The number of aliphatic carboxylic acids is 1. The zero-order chi connectivity index (χ0) is 27.5. The molecule has 2 aromatic carbocycles. The molecule has 2 N–H and O–H groups in total. The van der Waals surface area contributed by atoms with Gasteiger partial charge in [-0.15, -0.1) is 0 Å².